The number of rotatable bonds is 3. The second-order valence-corrected chi connectivity index (χ2v) is 6.62. The van der Waals surface area contributed by atoms with E-state index in [0.717, 1.165) is 57.4 Å². The third kappa shape index (κ3) is 3.02. The number of hydrogen-bond donors (Lipinski definition) is 0. The zero-order valence-electron chi connectivity index (χ0n) is 13.4. The van der Waals surface area contributed by atoms with Crippen molar-refractivity contribution in [1.82, 2.24) is 9.80 Å². The average molecular weight is 304 g/mol. The quantitative estimate of drug-likeness (QED) is 0.856. The van der Waals surface area contributed by atoms with Gasteiger partial charge in [0.2, 0.25) is 5.91 Å². The predicted octanol–water partition coefficient (Wildman–Crippen LogP) is 3.19. The van der Waals surface area contributed by atoms with Crippen LogP contribution in [0.5, 0.6) is 0 Å². The van der Waals surface area contributed by atoms with Gasteiger partial charge < -0.3 is 4.90 Å². The lowest BCUT2D eigenvalue weighted by molar-refractivity contribution is -0.131. The number of amides is 1. The summed E-state index contributed by atoms with van der Waals surface area (Å²) in [4.78, 5) is 16.6. The maximum Gasteiger partial charge on any atom is 0.223 e. The molecule has 2 aliphatic heterocycles. The van der Waals surface area contributed by atoms with Gasteiger partial charge in [-0.25, -0.2) is 4.39 Å². The van der Waals surface area contributed by atoms with E-state index in [2.05, 4.69) is 16.7 Å². The number of hydrogen-bond acceptors (Lipinski definition) is 2. The summed E-state index contributed by atoms with van der Waals surface area (Å²) in [6.07, 6.45) is 4.97. The summed E-state index contributed by atoms with van der Waals surface area (Å²) in [6, 6.07) is 6.88. The lowest BCUT2D eigenvalue weighted by atomic mass is 9.88. The van der Waals surface area contributed by atoms with Crippen molar-refractivity contribution in [3.8, 4) is 0 Å². The maximum atomic E-state index is 13.3. The summed E-state index contributed by atoms with van der Waals surface area (Å²) < 4.78 is 13.3. The lowest BCUT2D eigenvalue weighted by Crippen LogP contribution is -2.46. The normalized spacial score (nSPS) is 26.6. The first-order valence-electron chi connectivity index (χ1n) is 8.40. The Morgan fingerprint density at radius 2 is 2.09 bits per heavy atom. The standard InChI is InChI=1S/C18H25FN2O/c1-2-21-17(22)7-9-18(21)8-4-11-20(12-10-18)14-15-5-3-6-16(19)13-15/h3,5-6,13H,2,4,7-12,14H2,1H3/t18-/m1/s1. The van der Waals surface area contributed by atoms with E-state index in [4.69, 9.17) is 0 Å². The highest BCUT2D eigenvalue weighted by Gasteiger charge is 2.44. The molecule has 2 fully saturated rings. The van der Waals surface area contributed by atoms with Gasteiger partial charge in [0, 0.05) is 31.6 Å². The van der Waals surface area contributed by atoms with E-state index in [1.807, 2.05) is 6.07 Å². The molecule has 0 unspecified atom stereocenters. The van der Waals surface area contributed by atoms with Gasteiger partial charge in [0.15, 0.2) is 0 Å². The van der Waals surface area contributed by atoms with Gasteiger partial charge in [0.1, 0.15) is 5.82 Å². The highest BCUT2D eigenvalue weighted by Crippen LogP contribution is 2.39. The number of carbonyl (C=O) groups is 1. The molecule has 1 amide bonds. The van der Waals surface area contributed by atoms with Crippen molar-refractivity contribution in [3.63, 3.8) is 0 Å². The van der Waals surface area contributed by atoms with Gasteiger partial charge in [-0.2, -0.15) is 0 Å². The Balaban J connectivity index is 1.66. The maximum absolute atomic E-state index is 13.3. The van der Waals surface area contributed by atoms with Crippen molar-refractivity contribution in [2.45, 2.75) is 51.1 Å². The molecule has 3 rings (SSSR count). The molecular formula is C18H25FN2O. The largest absolute Gasteiger partial charge is 0.337 e. The molecule has 22 heavy (non-hydrogen) atoms. The van der Waals surface area contributed by atoms with Gasteiger partial charge in [0.25, 0.3) is 0 Å². The molecule has 0 aliphatic carbocycles. The number of likely N-dealkylation sites (tertiary alicyclic amines) is 2. The predicted molar refractivity (Wildman–Crippen MR) is 84.9 cm³/mol. The van der Waals surface area contributed by atoms with Crippen LogP contribution in [-0.2, 0) is 11.3 Å². The zero-order chi connectivity index (χ0) is 15.6. The highest BCUT2D eigenvalue weighted by molar-refractivity contribution is 5.79. The van der Waals surface area contributed by atoms with E-state index in [1.54, 1.807) is 12.1 Å². The summed E-state index contributed by atoms with van der Waals surface area (Å²) in [6.45, 7) is 5.72. The molecule has 1 aromatic carbocycles. The molecule has 0 radical (unpaired) electrons. The lowest BCUT2D eigenvalue weighted by Gasteiger charge is -2.37. The van der Waals surface area contributed by atoms with Crippen molar-refractivity contribution >= 4 is 5.91 Å². The molecule has 0 bridgehead atoms. The Labute approximate surface area is 132 Å². The van der Waals surface area contributed by atoms with Crippen LogP contribution in [0.15, 0.2) is 24.3 Å². The number of benzene rings is 1. The summed E-state index contributed by atoms with van der Waals surface area (Å²) in [5.74, 6) is 0.156. The monoisotopic (exact) mass is 304 g/mol. The fraction of sp³-hybridized carbons (Fsp3) is 0.611. The average Bonchev–Trinajstić information content (AvgIpc) is 2.66. The first kappa shape index (κ1) is 15.5. The molecule has 3 nitrogen and oxygen atoms in total. The van der Waals surface area contributed by atoms with E-state index in [9.17, 15) is 9.18 Å². The second kappa shape index (κ2) is 6.37. The molecule has 120 valence electrons. The number of halogens is 1. The first-order valence-corrected chi connectivity index (χ1v) is 8.40. The summed E-state index contributed by atoms with van der Waals surface area (Å²) in [5.41, 5.74) is 1.12. The minimum atomic E-state index is -0.165. The fourth-order valence-corrected chi connectivity index (χ4v) is 4.19. The fourth-order valence-electron chi connectivity index (χ4n) is 4.19. The van der Waals surface area contributed by atoms with E-state index in [-0.39, 0.29) is 11.4 Å². The molecule has 0 aromatic heterocycles. The topological polar surface area (TPSA) is 23.6 Å². The highest BCUT2D eigenvalue weighted by atomic mass is 19.1. The van der Waals surface area contributed by atoms with E-state index < -0.39 is 0 Å². The van der Waals surface area contributed by atoms with Crippen molar-refractivity contribution < 1.29 is 9.18 Å². The van der Waals surface area contributed by atoms with E-state index in [1.165, 1.54) is 6.07 Å². The van der Waals surface area contributed by atoms with Crippen LogP contribution in [0.2, 0.25) is 0 Å². The molecule has 2 saturated heterocycles. The molecule has 2 heterocycles. The van der Waals surface area contributed by atoms with Crippen LogP contribution >= 0.6 is 0 Å². The van der Waals surface area contributed by atoms with Crippen molar-refractivity contribution in [1.29, 1.82) is 0 Å². The van der Waals surface area contributed by atoms with E-state index in [0.29, 0.717) is 12.3 Å². The third-order valence-corrected chi connectivity index (χ3v) is 5.30. The summed E-state index contributed by atoms with van der Waals surface area (Å²) in [7, 11) is 0. The Morgan fingerprint density at radius 3 is 2.86 bits per heavy atom. The van der Waals surface area contributed by atoms with Gasteiger partial charge in [-0.15, -0.1) is 0 Å². The molecule has 1 atom stereocenters. The number of carbonyl (C=O) groups excluding carboxylic acids is 1. The third-order valence-electron chi connectivity index (χ3n) is 5.30. The van der Waals surface area contributed by atoms with Gasteiger partial charge in [-0.1, -0.05) is 12.1 Å². The molecule has 1 aromatic rings. The van der Waals surface area contributed by atoms with Crippen LogP contribution in [0.3, 0.4) is 0 Å². The van der Waals surface area contributed by atoms with Crippen LogP contribution in [0, 0.1) is 5.82 Å². The summed E-state index contributed by atoms with van der Waals surface area (Å²) >= 11 is 0. The van der Waals surface area contributed by atoms with Crippen LogP contribution in [0.4, 0.5) is 4.39 Å². The molecule has 0 N–H and O–H groups in total. The minimum Gasteiger partial charge on any atom is -0.337 e. The molecule has 4 heteroatoms. The molecule has 2 aliphatic rings. The Bertz CT molecular complexity index is 548. The van der Waals surface area contributed by atoms with Crippen molar-refractivity contribution in [2.75, 3.05) is 19.6 Å². The smallest absolute Gasteiger partial charge is 0.223 e. The Morgan fingerprint density at radius 1 is 1.23 bits per heavy atom. The van der Waals surface area contributed by atoms with Gasteiger partial charge in [-0.3, -0.25) is 9.69 Å². The summed E-state index contributed by atoms with van der Waals surface area (Å²) in [5, 5.41) is 0. The zero-order valence-corrected chi connectivity index (χ0v) is 13.4. The number of nitrogens with zero attached hydrogens (tertiary/aromatic N) is 2. The van der Waals surface area contributed by atoms with Crippen molar-refractivity contribution in [2.24, 2.45) is 0 Å². The Hall–Kier alpha value is -1.42. The van der Waals surface area contributed by atoms with Crippen LogP contribution in [0.1, 0.15) is 44.6 Å². The first-order chi connectivity index (χ1) is 10.6. The van der Waals surface area contributed by atoms with Crippen LogP contribution < -0.4 is 0 Å². The van der Waals surface area contributed by atoms with Crippen LogP contribution in [0.25, 0.3) is 0 Å². The van der Waals surface area contributed by atoms with E-state index >= 15 is 0 Å². The minimum absolute atomic E-state index is 0.0858. The molecule has 0 saturated carbocycles. The second-order valence-electron chi connectivity index (χ2n) is 6.62. The van der Waals surface area contributed by atoms with Gasteiger partial charge in [-0.05, 0) is 56.8 Å². The van der Waals surface area contributed by atoms with Crippen LogP contribution in [-0.4, -0.2) is 40.9 Å². The SMILES string of the molecule is CCN1C(=O)CC[C@@]12CCCN(Cc1cccc(F)c1)CC2. The Kier molecular flexibility index (Phi) is 4.48. The van der Waals surface area contributed by atoms with Gasteiger partial charge >= 0.3 is 0 Å². The molecular weight excluding hydrogens is 279 g/mol. The van der Waals surface area contributed by atoms with Gasteiger partial charge in [0.05, 0.1) is 0 Å². The molecule has 1 spiro atoms. The van der Waals surface area contributed by atoms with Crippen molar-refractivity contribution in [3.05, 3.63) is 35.6 Å².